The fourth-order valence-electron chi connectivity index (χ4n) is 3.60. The topological polar surface area (TPSA) is 45.0 Å². The lowest BCUT2D eigenvalue weighted by molar-refractivity contribution is 0.0749. The first-order chi connectivity index (χ1) is 10.8. The average molecular weight is 313 g/mol. The van der Waals surface area contributed by atoms with Gasteiger partial charge in [0.1, 0.15) is 0 Å². The lowest BCUT2D eigenvalue weighted by Crippen LogP contribution is -2.38. The summed E-state index contributed by atoms with van der Waals surface area (Å²) in [6.07, 6.45) is 11.9. The minimum absolute atomic E-state index is 0.134. The zero-order valence-electron chi connectivity index (χ0n) is 12.4. The number of rotatable bonds is 2. The van der Waals surface area contributed by atoms with Crippen LogP contribution in [-0.2, 0) is 0 Å². The zero-order chi connectivity index (χ0) is 14.9. The smallest absolute Gasteiger partial charge is 0.258 e. The van der Waals surface area contributed by atoms with Crippen molar-refractivity contribution in [1.29, 1.82) is 0 Å². The van der Waals surface area contributed by atoms with Gasteiger partial charge in [-0.1, -0.05) is 6.08 Å². The van der Waals surface area contributed by atoms with Crippen LogP contribution in [-0.4, -0.2) is 29.8 Å². The second kappa shape index (κ2) is 5.80. The van der Waals surface area contributed by atoms with Crippen LogP contribution < -0.4 is 0 Å². The number of piperidine rings is 1. The summed E-state index contributed by atoms with van der Waals surface area (Å²) in [7, 11) is 0. The van der Waals surface area contributed by atoms with Gasteiger partial charge in [0.25, 0.3) is 5.91 Å². The molecular weight excluding hydrogens is 294 g/mol. The van der Waals surface area contributed by atoms with Crippen LogP contribution in [0.25, 0.3) is 0 Å². The van der Waals surface area contributed by atoms with Crippen LogP contribution in [0.4, 0.5) is 0 Å². The monoisotopic (exact) mass is 313 g/mol. The van der Waals surface area contributed by atoms with Crippen molar-refractivity contribution in [3.8, 4) is 0 Å². The molecule has 3 heterocycles. The van der Waals surface area contributed by atoms with Crippen molar-refractivity contribution in [3.63, 3.8) is 0 Å². The molecule has 1 unspecified atom stereocenters. The molecule has 1 fully saturated rings. The van der Waals surface area contributed by atoms with Gasteiger partial charge in [0.05, 0.1) is 11.5 Å². The van der Waals surface area contributed by atoms with Crippen molar-refractivity contribution in [2.75, 3.05) is 6.54 Å². The molecule has 2 aliphatic heterocycles. The molecule has 0 saturated carbocycles. The fraction of sp³-hybridized carbons (Fsp3) is 0.471. The van der Waals surface area contributed by atoms with Gasteiger partial charge >= 0.3 is 0 Å². The van der Waals surface area contributed by atoms with Gasteiger partial charge in [-0.2, -0.15) is 10.2 Å². The lowest BCUT2D eigenvalue weighted by Gasteiger charge is -2.37. The molecule has 4 nitrogen and oxygen atoms in total. The Morgan fingerprint density at radius 2 is 2.05 bits per heavy atom. The van der Waals surface area contributed by atoms with Gasteiger partial charge in [0.15, 0.2) is 0 Å². The molecule has 1 amide bonds. The number of carbonyl (C=O) groups is 1. The normalized spacial score (nSPS) is 24.5. The molecule has 0 aromatic carbocycles. The second-order valence-electron chi connectivity index (χ2n) is 6.15. The highest BCUT2D eigenvalue weighted by Crippen LogP contribution is 2.36. The van der Waals surface area contributed by atoms with Gasteiger partial charge in [-0.05, 0) is 44.1 Å². The third-order valence-electron chi connectivity index (χ3n) is 4.74. The van der Waals surface area contributed by atoms with Crippen molar-refractivity contribution >= 4 is 29.7 Å². The summed E-state index contributed by atoms with van der Waals surface area (Å²) < 4.78 is 0. The maximum absolute atomic E-state index is 12.9. The Morgan fingerprint density at radius 1 is 1.23 bits per heavy atom. The summed E-state index contributed by atoms with van der Waals surface area (Å²) in [5.74, 6) is 0.889. The molecule has 0 bridgehead atoms. The van der Waals surface area contributed by atoms with Crippen LogP contribution in [0.2, 0.25) is 0 Å². The Labute approximate surface area is 134 Å². The summed E-state index contributed by atoms with van der Waals surface area (Å²) >= 11 is 1.62. The number of amides is 1. The molecule has 0 spiro atoms. The number of hydrogen-bond acceptors (Lipinski definition) is 4. The van der Waals surface area contributed by atoms with Crippen LogP contribution in [0.3, 0.4) is 0 Å². The Bertz CT molecular complexity index is 661. The largest absolute Gasteiger partial charge is 0.312 e. The van der Waals surface area contributed by atoms with E-state index < -0.39 is 0 Å². The van der Waals surface area contributed by atoms with E-state index in [-0.39, 0.29) is 11.8 Å². The summed E-state index contributed by atoms with van der Waals surface area (Å²) in [4.78, 5) is 16.1. The first-order valence-corrected chi connectivity index (χ1v) is 8.88. The number of allylic oxidation sites excluding steroid dienone is 2. The standard InChI is InChI=1S/C17H19N3OS/c21-17(13-8-16(22-11-13)14-9-18-19-10-14)20-7-3-5-12-4-1-2-6-15(12)20/h6,8-12,14H,1-5,7H2. The highest BCUT2D eigenvalue weighted by atomic mass is 32.1. The van der Waals surface area contributed by atoms with E-state index in [9.17, 15) is 4.79 Å². The molecule has 114 valence electrons. The third kappa shape index (κ3) is 2.43. The molecule has 1 saturated heterocycles. The predicted molar refractivity (Wildman–Crippen MR) is 89.7 cm³/mol. The fourth-order valence-corrected chi connectivity index (χ4v) is 4.50. The van der Waals surface area contributed by atoms with Crippen LogP contribution >= 0.6 is 11.3 Å². The number of nitrogens with zero attached hydrogens (tertiary/aromatic N) is 3. The molecule has 1 aromatic heterocycles. The Kier molecular flexibility index (Phi) is 3.66. The van der Waals surface area contributed by atoms with Gasteiger partial charge in [-0.15, -0.1) is 11.3 Å². The van der Waals surface area contributed by atoms with E-state index in [0.717, 1.165) is 29.8 Å². The van der Waals surface area contributed by atoms with Crippen molar-refractivity contribution < 1.29 is 4.79 Å². The predicted octanol–water partition coefficient (Wildman–Crippen LogP) is 3.82. The van der Waals surface area contributed by atoms with Gasteiger partial charge in [-0.25, -0.2) is 0 Å². The summed E-state index contributed by atoms with van der Waals surface area (Å²) in [5.41, 5.74) is 2.08. The van der Waals surface area contributed by atoms with Crippen molar-refractivity contribution in [3.05, 3.63) is 33.7 Å². The molecule has 5 heteroatoms. The van der Waals surface area contributed by atoms with Crippen molar-refractivity contribution in [1.82, 2.24) is 4.90 Å². The number of likely N-dealkylation sites (tertiary alicyclic amines) is 1. The Hall–Kier alpha value is -1.75. The van der Waals surface area contributed by atoms with Gasteiger partial charge < -0.3 is 4.90 Å². The summed E-state index contributed by atoms with van der Waals surface area (Å²) in [5, 5.41) is 9.75. The summed E-state index contributed by atoms with van der Waals surface area (Å²) in [6.45, 7) is 0.860. The first-order valence-electron chi connectivity index (χ1n) is 8.00. The van der Waals surface area contributed by atoms with E-state index in [2.05, 4.69) is 16.3 Å². The van der Waals surface area contributed by atoms with E-state index >= 15 is 0 Å². The third-order valence-corrected chi connectivity index (χ3v) is 5.77. The highest BCUT2D eigenvalue weighted by Gasteiger charge is 2.31. The van der Waals surface area contributed by atoms with Gasteiger partial charge in [-0.3, -0.25) is 4.79 Å². The quantitative estimate of drug-likeness (QED) is 0.818. The highest BCUT2D eigenvalue weighted by molar-refractivity contribution is 7.10. The molecule has 4 rings (SSSR count). The maximum Gasteiger partial charge on any atom is 0.258 e. The van der Waals surface area contributed by atoms with E-state index in [4.69, 9.17) is 0 Å². The lowest BCUT2D eigenvalue weighted by atomic mass is 9.84. The molecule has 3 aliphatic rings. The molecule has 1 atom stereocenters. The molecule has 0 N–H and O–H groups in total. The maximum atomic E-state index is 12.9. The molecular formula is C17H19N3OS. The number of thiophene rings is 1. The van der Waals surface area contributed by atoms with E-state index in [1.165, 1.54) is 25.0 Å². The first kappa shape index (κ1) is 13.9. The van der Waals surface area contributed by atoms with E-state index in [1.807, 2.05) is 28.8 Å². The van der Waals surface area contributed by atoms with Crippen LogP contribution in [0.15, 0.2) is 33.4 Å². The van der Waals surface area contributed by atoms with Crippen LogP contribution in [0, 0.1) is 5.92 Å². The Morgan fingerprint density at radius 3 is 2.91 bits per heavy atom. The van der Waals surface area contributed by atoms with Gasteiger partial charge in [0, 0.05) is 34.9 Å². The summed E-state index contributed by atoms with van der Waals surface area (Å²) in [6, 6.07) is 2.01. The molecule has 22 heavy (non-hydrogen) atoms. The number of fused-ring (bicyclic) bond motifs is 1. The van der Waals surface area contributed by atoms with E-state index in [0.29, 0.717) is 5.92 Å². The Balaban J connectivity index is 1.57. The second-order valence-corrected chi connectivity index (χ2v) is 7.09. The molecule has 1 aliphatic carbocycles. The zero-order valence-corrected chi connectivity index (χ0v) is 13.3. The van der Waals surface area contributed by atoms with Crippen molar-refractivity contribution in [2.24, 2.45) is 16.1 Å². The molecule has 0 radical (unpaired) electrons. The van der Waals surface area contributed by atoms with E-state index in [1.54, 1.807) is 11.3 Å². The van der Waals surface area contributed by atoms with Crippen molar-refractivity contribution in [2.45, 2.75) is 38.0 Å². The average Bonchev–Trinajstić information content (AvgIpc) is 3.24. The minimum Gasteiger partial charge on any atom is -0.312 e. The SMILES string of the molecule is O=C(c1csc(C2C=NN=C2)c1)N1CCCC2CCCC=C21. The molecule has 1 aromatic rings. The van der Waals surface area contributed by atoms with Gasteiger partial charge in [0.2, 0.25) is 0 Å². The number of carbonyl (C=O) groups excluding carboxylic acids is 1. The minimum atomic E-state index is 0.134. The van der Waals surface area contributed by atoms with Crippen LogP contribution in [0.1, 0.15) is 53.3 Å². The number of hydrogen-bond donors (Lipinski definition) is 0. The van der Waals surface area contributed by atoms with Crippen LogP contribution in [0.5, 0.6) is 0 Å².